The molecule has 0 radical (unpaired) electrons. The smallest absolute Gasteiger partial charge is 0.315 e. The van der Waals surface area contributed by atoms with Crippen LogP contribution < -0.4 is 10.6 Å². The van der Waals surface area contributed by atoms with Crippen molar-refractivity contribution in [1.82, 2.24) is 15.5 Å². The zero-order chi connectivity index (χ0) is 16.7. The summed E-state index contributed by atoms with van der Waals surface area (Å²) >= 11 is 0. The largest absolute Gasteiger partial charge is 0.396 e. The molecule has 0 bridgehead atoms. The molecule has 0 saturated carbocycles. The Balaban J connectivity index is 1.85. The maximum absolute atomic E-state index is 13.7. The van der Waals surface area contributed by atoms with Gasteiger partial charge in [-0.2, -0.15) is 0 Å². The zero-order valence-electron chi connectivity index (χ0n) is 13.0. The second-order valence-electron chi connectivity index (χ2n) is 5.75. The number of rotatable bonds is 6. The van der Waals surface area contributed by atoms with Crippen molar-refractivity contribution in [1.29, 1.82) is 0 Å². The Morgan fingerprint density at radius 2 is 2.09 bits per heavy atom. The van der Waals surface area contributed by atoms with E-state index in [-0.39, 0.29) is 30.8 Å². The first-order valence-electron chi connectivity index (χ1n) is 7.90. The Morgan fingerprint density at radius 1 is 1.35 bits per heavy atom. The van der Waals surface area contributed by atoms with Crippen LogP contribution in [-0.2, 0) is 6.54 Å². The summed E-state index contributed by atoms with van der Waals surface area (Å²) in [6.07, 6.45) is 2.21. The van der Waals surface area contributed by atoms with Gasteiger partial charge in [-0.15, -0.1) is 0 Å². The molecule has 1 aliphatic rings. The van der Waals surface area contributed by atoms with Crippen molar-refractivity contribution in [3.8, 4) is 0 Å². The Kier molecular flexibility index (Phi) is 6.73. The molecule has 23 heavy (non-hydrogen) atoms. The van der Waals surface area contributed by atoms with Gasteiger partial charge in [0.15, 0.2) is 0 Å². The molecule has 3 N–H and O–H groups in total. The van der Waals surface area contributed by atoms with Crippen molar-refractivity contribution in [3.05, 3.63) is 35.4 Å². The molecule has 0 aromatic heterocycles. The summed E-state index contributed by atoms with van der Waals surface area (Å²) in [5, 5.41) is 14.2. The molecular weight excluding hydrogens is 304 g/mol. The van der Waals surface area contributed by atoms with Crippen LogP contribution in [0.5, 0.6) is 0 Å². The van der Waals surface area contributed by atoms with Crippen molar-refractivity contribution >= 4 is 6.03 Å². The fourth-order valence-corrected chi connectivity index (χ4v) is 2.74. The summed E-state index contributed by atoms with van der Waals surface area (Å²) in [5.74, 6) is -1.08. The topological polar surface area (TPSA) is 64.6 Å². The highest BCUT2D eigenvalue weighted by atomic mass is 19.1. The highest BCUT2D eigenvalue weighted by Gasteiger charge is 2.23. The van der Waals surface area contributed by atoms with Crippen molar-refractivity contribution < 1.29 is 18.7 Å². The predicted molar refractivity (Wildman–Crippen MR) is 82.9 cm³/mol. The number of piperidine rings is 1. The van der Waals surface area contributed by atoms with E-state index in [0.717, 1.165) is 19.4 Å². The third-order valence-corrected chi connectivity index (χ3v) is 3.90. The number of urea groups is 1. The van der Waals surface area contributed by atoms with E-state index in [1.165, 1.54) is 18.2 Å². The van der Waals surface area contributed by atoms with Crippen LogP contribution >= 0.6 is 0 Å². The van der Waals surface area contributed by atoms with Gasteiger partial charge in [-0.1, -0.05) is 6.07 Å². The number of nitrogens with one attached hydrogen (secondary N) is 2. The van der Waals surface area contributed by atoms with Gasteiger partial charge in [-0.3, -0.25) is 4.90 Å². The molecule has 1 aliphatic heterocycles. The van der Waals surface area contributed by atoms with Gasteiger partial charge in [0.1, 0.15) is 11.6 Å². The molecule has 1 fully saturated rings. The van der Waals surface area contributed by atoms with Gasteiger partial charge in [-0.05, 0) is 37.9 Å². The molecule has 128 valence electrons. The van der Waals surface area contributed by atoms with Gasteiger partial charge in [0.05, 0.1) is 0 Å². The maximum Gasteiger partial charge on any atom is 0.315 e. The summed E-state index contributed by atoms with van der Waals surface area (Å²) in [4.78, 5) is 13.7. The molecule has 1 aromatic rings. The van der Waals surface area contributed by atoms with Gasteiger partial charge >= 0.3 is 6.03 Å². The molecule has 0 aliphatic carbocycles. The molecule has 1 atom stereocenters. The Hall–Kier alpha value is -1.73. The molecule has 1 saturated heterocycles. The van der Waals surface area contributed by atoms with Crippen molar-refractivity contribution in [3.63, 3.8) is 0 Å². The minimum absolute atomic E-state index is 0.0334. The molecule has 7 heteroatoms. The summed E-state index contributed by atoms with van der Waals surface area (Å²) < 4.78 is 27.4. The third kappa shape index (κ3) is 5.44. The van der Waals surface area contributed by atoms with Crippen molar-refractivity contribution in [2.75, 3.05) is 26.2 Å². The van der Waals surface area contributed by atoms with Crippen molar-refractivity contribution in [2.45, 2.75) is 31.8 Å². The van der Waals surface area contributed by atoms with E-state index < -0.39 is 11.6 Å². The van der Waals surface area contributed by atoms with E-state index >= 15 is 0 Å². The maximum atomic E-state index is 13.7. The summed E-state index contributed by atoms with van der Waals surface area (Å²) in [6, 6.07) is 3.54. The number of aliphatic hydroxyl groups is 1. The van der Waals surface area contributed by atoms with E-state index in [2.05, 4.69) is 10.6 Å². The standard InChI is InChI=1S/C16H23F2N3O2/c17-14-5-1-6-15(18)13(14)11-21-8-2-4-12(10-21)20-16(23)19-7-3-9-22/h1,5-6,12,22H,2-4,7-11H2,(H2,19,20,23). The minimum atomic E-state index is -0.540. The van der Waals surface area contributed by atoms with Crippen LogP contribution in [0.25, 0.3) is 0 Å². The number of carbonyl (C=O) groups is 1. The van der Waals surface area contributed by atoms with E-state index in [1.807, 2.05) is 4.90 Å². The quantitative estimate of drug-likeness (QED) is 0.696. The molecule has 5 nitrogen and oxygen atoms in total. The molecule has 1 aromatic carbocycles. The van der Waals surface area contributed by atoms with E-state index in [9.17, 15) is 13.6 Å². The first kappa shape index (κ1) is 17.6. The number of aliphatic hydroxyl groups excluding tert-OH is 1. The van der Waals surface area contributed by atoms with Gasteiger partial charge in [-0.25, -0.2) is 13.6 Å². The van der Waals surface area contributed by atoms with Crippen LogP contribution in [0.3, 0.4) is 0 Å². The highest BCUT2D eigenvalue weighted by molar-refractivity contribution is 5.74. The minimum Gasteiger partial charge on any atom is -0.396 e. The van der Waals surface area contributed by atoms with Crippen molar-refractivity contribution in [2.24, 2.45) is 0 Å². The van der Waals surface area contributed by atoms with Crippen LogP contribution in [-0.4, -0.2) is 48.3 Å². The van der Waals surface area contributed by atoms with E-state index in [1.54, 1.807) is 0 Å². The Bertz CT molecular complexity index is 508. The summed E-state index contributed by atoms with van der Waals surface area (Å²) in [5.41, 5.74) is 0.0700. The summed E-state index contributed by atoms with van der Waals surface area (Å²) in [7, 11) is 0. The lowest BCUT2D eigenvalue weighted by molar-refractivity contribution is 0.176. The van der Waals surface area contributed by atoms with Gasteiger partial charge in [0.2, 0.25) is 0 Å². The lowest BCUT2D eigenvalue weighted by Gasteiger charge is -2.33. The van der Waals surface area contributed by atoms with Crippen LogP contribution in [0.4, 0.5) is 13.6 Å². The fourth-order valence-electron chi connectivity index (χ4n) is 2.74. The van der Waals surface area contributed by atoms with E-state index in [4.69, 9.17) is 5.11 Å². The molecule has 1 unspecified atom stereocenters. The molecule has 0 spiro atoms. The Morgan fingerprint density at radius 3 is 2.78 bits per heavy atom. The zero-order valence-corrected chi connectivity index (χ0v) is 13.0. The lowest BCUT2D eigenvalue weighted by atomic mass is 10.0. The van der Waals surface area contributed by atoms with Crippen LogP contribution in [0.15, 0.2) is 18.2 Å². The normalized spacial score (nSPS) is 18.7. The average molecular weight is 327 g/mol. The average Bonchev–Trinajstić information content (AvgIpc) is 2.52. The third-order valence-electron chi connectivity index (χ3n) is 3.90. The second-order valence-corrected chi connectivity index (χ2v) is 5.75. The number of halogens is 2. The van der Waals surface area contributed by atoms with Crippen LogP contribution in [0.2, 0.25) is 0 Å². The lowest BCUT2D eigenvalue weighted by Crippen LogP contribution is -2.50. The molecule has 2 amide bonds. The Labute approximate surface area is 134 Å². The van der Waals surface area contributed by atoms with Gasteiger partial charge in [0, 0.05) is 37.8 Å². The SMILES string of the molecule is O=C(NCCCO)NC1CCCN(Cc2c(F)cccc2F)C1. The number of hydrogen-bond donors (Lipinski definition) is 3. The van der Waals surface area contributed by atoms with E-state index in [0.29, 0.717) is 19.5 Å². The number of nitrogens with zero attached hydrogens (tertiary/aromatic N) is 1. The predicted octanol–water partition coefficient (Wildman–Crippen LogP) is 1.61. The fraction of sp³-hybridized carbons (Fsp3) is 0.562. The molecular formula is C16H23F2N3O2. The van der Waals surface area contributed by atoms with Crippen LogP contribution in [0, 0.1) is 11.6 Å². The number of carbonyl (C=O) groups excluding carboxylic acids is 1. The van der Waals surface area contributed by atoms with Gasteiger partial charge in [0.25, 0.3) is 0 Å². The number of amides is 2. The summed E-state index contributed by atoms with van der Waals surface area (Å²) in [6.45, 7) is 1.95. The van der Waals surface area contributed by atoms with Gasteiger partial charge < -0.3 is 15.7 Å². The number of hydrogen-bond acceptors (Lipinski definition) is 3. The van der Waals surface area contributed by atoms with Crippen LogP contribution in [0.1, 0.15) is 24.8 Å². The number of benzene rings is 1. The number of likely N-dealkylation sites (tertiary alicyclic amines) is 1. The second kappa shape index (κ2) is 8.79. The molecule has 2 rings (SSSR count). The molecule has 1 heterocycles. The first-order chi connectivity index (χ1) is 11.1. The first-order valence-corrected chi connectivity index (χ1v) is 7.90. The highest BCUT2D eigenvalue weighted by Crippen LogP contribution is 2.18. The monoisotopic (exact) mass is 327 g/mol.